The minimum atomic E-state index is -0.755. The first-order chi connectivity index (χ1) is 18.4. The first-order valence-electron chi connectivity index (χ1n) is 15.0. The van der Waals surface area contributed by atoms with Crippen LogP contribution in [0.1, 0.15) is 116 Å². The summed E-state index contributed by atoms with van der Waals surface area (Å²) in [5.74, 6) is -1.61. The van der Waals surface area contributed by atoms with Gasteiger partial charge in [0.15, 0.2) is 0 Å². The van der Waals surface area contributed by atoms with Gasteiger partial charge in [0.1, 0.15) is 0 Å². The van der Waals surface area contributed by atoms with Crippen LogP contribution in [-0.4, -0.2) is 95.5 Å². The van der Waals surface area contributed by atoms with Gasteiger partial charge in [-0.25, -0.2) is 0 Å². The molecule has 0 aliphatic carbocycles. The number of rotatable bonds is 29. The van der Waals surface area contributed by atoms with Crippen molar-refractivity contribution >= 4 is 17.9 Å². The number of carboxylic acid groups (broad SMARTS) is 2. The van der Waals surface area contributed by atoms with E-state index in [0.717, 1.165) is 90.5 Å². The van der Waals surface area contributed by atoms with Crippen molar-refractivity contribution in [1.82, 2.24) is 9.80 Å². The van der Waals surface area contributed by atoms with E-state index in [4.69, 9.17) is 14.9 Å². The van der Waals surface area contributed by atoms with Gasteiger partial charge in [0.05, 0.1) is 13.2 Å². The first-order valence-corrected chi connectivity index (χ1v) is 15.0. The van der Waals surface area contributed by atoms with E-state index in [1.807, 2.05) is 0 Å². The molecular formula is C29H56N2O7. The molecule has 3 N–H and O–H groups in total. The number of aliphatic hydroxyl groups excluding tert-OH is 1. The van der Waals surface area contributed by atoms with Crippen LogP contribution in [0, 0.1) is 0 Å². The number of carboxylic acids is 2. The minimum absolute atomic E-state index is 0.102. The van der Waals surface area contributed by atoms with Crippen molar-refractivity contribution in [3.63, 3.8) is 0 Å². The summed E-state index contributed by atoms with van der Waals surface area (Å²) in [4.78, 5) is 38.0. The monoisotopic (exact) mass is 544 g/mol. The van der Waals surface area contributed by atoms with E-state index in [1.165, 1.54) is 19.3 Å². The highest BCUT2D eigenvalue weighted by Crippen LogP contribution is 2.08. The van der Waals surface area contributed by atoms with Crippen LogP contribution in [0.15, 0.2) is 0 Å². The van der Waals surface area contributed by atoms with E-state index in [-0.39, 0.29) is 25.4 Å². The molecule has 0 saturated carbocycles. The van der Waals surface area contributed by atoms with Gasteiger partial charge in [0.25, 0.3) is 0 Å². The van der Waals surface area contributed by atoms with Crippen LogP contribution in [-0.2, 0) is 19.1 Å². The van der Waals surface area contributed by atoms with Crippen LogP contribution in [0.5, 0.6) is 0 Å². The molecule has 0 aromatic heterocycles. The molecule has 0 atom stereocenters. The lowest BCUT2D eigenvalue weighted by molar-refractivity contribution is -0.144. The van der Waals surface area contributed by atoms with Crippen LogP contribution in [0.4, 0.5) is 0 Å². The molecule has 38 heavy (non-hydrogen) atoms. The molecule has 0 spiro atoms. The number of carbonyl (C=O) groups excluding carboxylic acids is 1. The lowest BCUT2D eigenvalue weighted by Crippen LogP contribution is -2.38. The normalized spacial score (nSPS) is 11.4. The Balaban J connectivity index is 4.25. The smallest absolute Gasteiger partial charge is 0.305 e. The Bertz CT molecular complexity index is 565. The number of aliphatic carboxylic acids is 2. The molecule has 0 unspecified atom stereocenters. The summed E-state index contributed by atoms with van der Waals surface area (Å²) in [7, 11) is 0. The fourth-order valence-electron chi connectivity index (χ4n) is 4.42. The Kier molecular flexibility index (Phi) is 25.7. The summed E-state index contributed by atoms with van der Waals surface area (Å²) in [5, 5.41) is 27.1. The first kappa shape index (κ1) is 36.3. The molecule has 9 nitrogen and oxygen atoms in total. The average Bonchev–Trinajstić information content (AvgIpc) is 2.87. The van der Waals surface area contributed by atoms with Gasteiger partial charge < -0.3 is 25.0 Å². The Labute approximate surface area is 230 Å². The predicted molar refractivity (Wildman–Crippen MR) is 150 cm³/mol. The molecule has 0 bridgehead atoms. The lowest BCUT2D eigenvalue weighted by Gasteiger charge is -2.27. The zero-order valence-corrected chi connectivity index (χ0v) is 24.0. The van der Waals surface area contributed by atoms with Crippen molar-refractivity contribution in [3.8, 4) is 0 Å². The number of esters is 1. The summed E-state index contributed by atoms with van der Waals surface area (Å²) in [6.45, 7) is 7.80. The molecule has 0 fully saturated rings. The van der Waals surface area contributed by atoms with Crippen LogP contribution in [0.2, 0.25) is 0 Å². The van der Waals surface area contributed by atoms with E-state index < -0.39 is 11.9 Å². The highest BCUT2D eigenvalue weighted by Gasteiger charge is 2.11. The summed E-state index contributed by atoms with van der Waals surface area (Å²) in [6.07, 6.45) is 14.3. The largest absolute Gasteiger partial charge is 0.481 e. The van der Waals surface area contributed by atoms with Crippen molar-refractivity contribution in [3.05, 3.63) is 0 Å². The van der Waals surface area contributed by atoms with Crippen molar-refractivity contribution in [2.75, 3.05) is 52.5 Å². The van der Waals surface area contributed by atoms with Gasteiger partial charge in [-0.1, -0.05) is 51.9 Å². The number of hydrogen-bond donors (Lipinski definition) is 3. The Morgan fingerprint density at radius 1 is 0.553 bits per heavy atom. The Morgan fingerprint density at radius 3 is 1.47 bits per heavy atom. The quantitative estimate of drug-likeness (QED) is 0.0885. The summed E-state index contributed by atoms with van der Waals surface area (Å²) >= 11 is 0. The molecule has 0 amide bonds. The Hall–Kier alpha value is -1.71. The summed E-state index contributed by atoms with van der Waals surface area (Å²) in [6, 6.07) is 0. The summed E-state index contributed by atoms with van der Waals surface area (Å²) in [5.41, 5.74) is 0. The highest BCUT2D eigenvalue weighted by molar-refractivity contribution is 5.69. The summed E-state index contributed by atoms with van der Waals surface area (Å²) < 4.78 is 5.33. The van der Waals surface area contributed by atoms with Crippen LogP contribution < -0.4 is 0 Å². The number of unbranched alkanes of at least 4 members (excludes halogenated alkanes) is 10. The maximum atomic E-state index is 11.9. The van der Waals surface area contributed by atoms with Crippen LogP contribution in [0.25, 0.3) is 0 Å². The zero-order chi connectivity index (χ0) is 28.3. The third-order valence-electron chi connectivity index (χ3n) is 6.74. The van der Waals surface area contributed by atoms with Crippen LogP contribution >= 0.6 is 0 Å². The predicted octanol–water partition coefficient (Wildman–Crippen LogP) is 4.95. The van der Waals surface area contributed by atoms with Gasteiger partial charge in [-0.15, -0.1) is 0 Å². The molecule has 0 rings (SSSR count). The number of ether oxygens (including phenoxy) is 1. The topological polar surface area (TPSA) is 128 Å². The third kappa shape index (κ3) is 25.9. The lowest BCUT2D eigenvalue weighted by atomic mass is 10.1. The van der Waals surface area contributed by atoms with E-state index in [0.29, 0.717) is 32.4 Å². The zero-order valence-electron chi connectivity index (χ0n) is 24.0. The molecule has 0 radical (unpaired) electrons. The van der Waals surface area contributed by atoms with Crippen LogP contribution in [0.3, 0.4) is 0 Å². The second kappa shape index (κ2) is 26.9. The van der Waals surface area contributed by atoms with Crippen molar-refractivity contribution in [1.29, 1.82) is 0 Å². The number of carbonyl (C=O) groups is 3. The minimum Gasteiger partial charge on any atom is -0.481 e. The molecule has 0 aromatic carbocycles. The molecular weight excluding hydrogens is 488 g/mol. The van der Waals surface area contributed by atoms with Crippen molar-refractivity contribution in [2.24, 2.45) is 0 Å². The Morgan fingerprint density at radius 2 is 1.00 bits per heavy atom. The van der Waals surface area contributed by atoms with E-state index >= 15 is 0 Å². The molecule has 9 heteroatoms. The van der Waals surface area contributed by atoms with Gasteiger partial charge in [-0.05, 0) is 64.6 Å². The van der Waals surface area contributed by atoms with Gasteiger partial charge in [0, 0.05) is 38.9 Å². The molecule has 0 heterocycles. The van der Waals surface area contributed by atoms with Gasteiger partial charge in [0.2, 0.25) is 0 Å². The van der Waals surface area contributed by atoms with Gasteiger partial charge >= 0.3 is 17.9 Å². The molecule has 0 saturated heterocycles. The van der Waals surface area contributed by atoms with E-state index in [9.17, 15) is 19.5 Å². The molecule has 0 aliphatic heterocycles. The fourth-order valence-corrected chi connectivity index (χ4v) is 4.42. The maximum absolute atomic E-state index is 11.9. The number of aliphatic hydroxyl groups is 1. The highest BCUT2D eigenvalue weighted by atomic mass is 16.5. The van der Waals surface area contributed by atoms with Crippen molar-refractivity contribution < 1.29 is 34.4 Å². The van der Waals surface area contributed by atoms with E-state index in [2.05, 4.69) is 16.7 Å². The maximum Gasteiger partial charge on any atom is 0.305 e. The molecule has 0 aliphatic rings. The van der Waals surface area contributed by atoms with Gasteiger partial charge in [-0.3, -0.25) is 19.3 Å². The standard InChI is InChI=1S/C29H56N2O7/c1-2-3-4-5-15-26-38-29(37)18-11-8-14-21-31(24-25-32)23-22-30(19-12-6-9-16-27(33)34)20-13-7-10-17-28(35)36/h32H,2-26H2,1H3,(H,33,34)(H,35,36). The fraction of sp³-hybridized carbons (Fsp3) is 0.897. The molecule has 0 aromatic rings. The van der Waals surface area contributed by atoms with Crippen molar-refractivity contribution in [2.45, 2.75) is 116 Å². The second-order valence-electron chi connectivity index (χ2n) is 10.3. The van der Waals surface area contributed by atoms with Gasteiger partial charge in [-0.2, -0.15) is 0 Å². The second-order valence-corrected chi connectivity index (χ2v) is 10.3. The molecule has 224 valence electrons. The third-order valence-corrected chi connectivity index (χ3v) is 6.74. The number of nitrogens with zero attached hydrogens (tertiary/aromatic N) is 2. The van der Waals surface area contributed by atoms with E-state index in [1.54, 1.807) is 0 Å². The SMILES string of the molecule is CCCCCCCOC(=O)CCCCCN(CCO)CCN(CCCCCC(=O)O)CCCCCC(=O)O. The average molecular weight is 545 g/mol. The number of hydrogen-bond acceptors (Lipinski definition) is 7.